The van der Waals surface area contributed by atoms with Gasteiger partial charge < -0.3 is 15.1 Å². The van der Waals surface area contributed by atoms with Crippen LogP contribution in [0.4, 0.5) is 0 Å². The second-order valence-corrected chi connectivity index (χ2v) is 13.9. The van der Waals surface area contributed by atoms with Gasteiger partial charge >= 0.3 is 0 Å². The van der Waals surface area contributed by atoms with Crippen LogP contribution in [0.3, 0.4) is 0 Å². The molecule has 35 heavy (non-hydrogen) atoms. The van der Waals surface area contributed by atoms with Crippen LogP contribution in [-0.2, 0) is 10.0 Å². The second kappa shape index (κ2) is 10.8. The van der Waals surface area contributed by atoms with Crippen molar-refractivity contribution in [2.24, 2.45) is 23.2 Å². The Morgan fingerprint density at radius 3 is 2.57 bits per heavy atom. The zero-order chi connectivity index (χ0) is 25.4. The molecule has 0 spiro atoms. The van der Waals surface area contributed by atoms with E-state index in [0.29, 0.717) is 43.2 Å². The normalized spacial score (nSPS) is 38.7. The van der Waals surface area contributed by atoms with Gasteiger partial charge in [-0.1, -0.05) is 38.2 Å². The molecule has 3 saturated carbocycles. The van der Waals surface area contributed by atoms with Gasteiger partial charge in [-0.05, 0) is 85.8 Å². The highest BCUT2D eigenvalue weighted by Crippen LogP contribution is 2.59. The van der Waals surface area contributed by atoms with Crippen molar-refractivity contribution in [3.05, 3.63) is 35.5 Å². The summed E-state index contributed by atoms with van der Waals surface area (Å²) in [5.74, 6) is 1.99. The van der Waals surface area contributed by atoms with Crippen molar-refractivity contribution in [2.45, 2.75) is 77.4 Å². The van der Waals surface area contributed by atoms with Gasteiger partial charge in [0.2, 0.25) is 10.0 Å². The topological polar surface area (TPSA) is 81.1 Å². The summed E-state index contributed by atoms with van der Waals surface area (Å²) in [4.78, 5) is 2.44. The van der Waals surface area contributed by atoms with E-state index in [1.165, 1.54) is 38.4 Å². The first kappa shape index (κ1) is 27.1. The molecule has 2 N–H and O–H groups in total. The fourth-order valence-corrected chi connectivity index (χ4v) is 8.38. The Kier molecular flexibility index (Phi) is 8.33. The number of aliphatic hydroxyl groups is 2. The Morgan fingerprint density at radius 2 is 1.89 bits per heavy atom. The SMILES string of the molecule is C=C1C(=CC=C2CCC[C@]3(C)[C@@H](C(C)CCN4CCN(S(C)(=O)=O)CC4)CC[C@@H]23)C[C@@H](O)C[C@@H]1O. The Morgan fingerprint density at radius 1 is 1.17 bits per heavy atom. The molecule has 0 aromatic rings. The van der Waals surface area contributed by atoms with Gasteiger partial charge in [0.1, 0.15) is 0 Å². The third kappa shape index (κ3) is 5.96. The van der Waals surface area contributed by atoms with Gasteiger partial charge in [-0.2, -0.15) is 4.31 Å². The third-order valence-electron chi connectivity index (χ3n) is 9.69. The van der Waals surface area contributed by atoms with E-state index in [2.05, 4.69) is 37.5 Å². The average Bonchev–Trinajstić information content (AvgIpc) is 3.16. The van der Waals surface area contributed by atoms with E-state index >= 15 is 0 Å². The molecule has 6 atom stereocenters. The van der Waals surface area contributed by atoms with Crippen molar-refractivity contribution in [2.75, 3.05) is 39.0 Å². The van der Waals surface area contributed by atoms with E-state index in [1.807, 2.05) is 0 Å². The number of rotatable bonds is 6. The first-order valence-electron chi connectivity index (χ1n) is 13.6. The lowest BCUT2D eigenvalue weighted by atomic mass is 9.61. The summed E-state index contributed by atoms with van der Waals surface area (Å²) in [6.45, 7) is 13.0. The number of piperazine rings is 1. The molecule has 3 aliphatic carbocycles. The molecular weight excluding hydrogens is 460 g/mol. The summed E-state index contributed by atoms with van der Waals surface area (Å²) in [6, 6.07) is 0. The molecule has 4 aliphatic rings. The zero-order valence-corrected chi connectivity index (χ0v) is 22.8. The molecule has 0 aromatic heterocycles. The second-order valence-electron chi connectivity index (χ2n) is 11.9. The molecule has 6 nitrogen and oxygen atoms in total. The number of sulfonamides is 1. The Balaban J connectivity index is 1.37. The van der Waals surface area contributed by atoms with Crippen molar-refractivity contribution in [3.8, 4) is 0 Å². The van der Waals surface area contributed by atoms with Gasteiger partial charge in [0, 0.05) is 32.6 Å². The van der Waals surface area contributed by atoms with E-state index in [1.54, 1.807) is 9.88 Å². The van der Waals surface area contributed by atoms with E-state index < -0.39 is 22.2 Å². The fraction of sp³-hybridized carbons (Fsp3) is 0.786. The first-order valence-corrected chi connectivity index (χ1v) is 15.5. The number of fused-ring (bicyclic) bond motifs is 1. The van der Waals surface area contributed by atoms with Gasteiger partial charge in [-0.15, -0.1) is 0 Å². The van der Waals surface area contributed by atoms with Gasteiger partial charge in [-0.25, -0.2) is 8.42 Å². The van der Waals surface area contributed by atoms with Crippen LogP contribution < -0.4 is 0 Å². The lowest BCUT2D eigenvalue weighted by Crippen LogP contribution is -2.48. The number of hydrogen-bond acceptors (Lipinski definition) is 5. The van der Waals surface area contributed by atoms with Crippen LogP contribution in [0.1, 0.15) is 65.2 Å². The predicted octanol–water partition coefficient (Wildman–Crippen LogP) is 3.73. The van der Waals surface area contributed by atoms with Gasteiger partial charge in [-0.3, -0.25) is 0 Å². The molecule has 1 unspecified atom stereocenters. The predicted molar refractivity (Wildman–Crippen MR) is 141 cm³/mol. The Labute approximate surface area is 212 Å². The summed E-state index contributed by atoms with van der Waals surface area (Å²) in [5, 5.41) is 20.3. The molecule has 7 heteroatoms. The van der Waals surface area contributed by atoms with Gasteiger partial charge in [0.25, 0.3) is 0 Å². The van der Waals surface area contributed by atoms with Gasteiger partial charge in [0.05, 0.1) is 18.5 Å². The third-order valence-corrected chi connectivity index (χ3v) is 11.0. The maximum absolute atomic E-state index is 11.8. The molecule has 1 heterocycles. The standard InChI is InChI=1S/C28H46N2O4S/c1-20(11-13-29-14-16-30(17-15-29)35(4,33)34)25-9-10-26-22(6-5-12-28(25,26)3)7-8-23-18-24(31)19-27(32)21(23)2/h7-8,20,24-27,31-32H,2,5-6,9-19H2,1,3-4H3/t20?,24-,25-,26+,27+,28-/m1/s1. The zero-order valence-electron chi connectivity index (χ0n) is 22.0. The molecular formula is C28H46N2O4S. The Bertz CT molecular complexity index is 950. The minimum absolute atomic E-state index is 0.333. The summed E-state index contributed by atoms with van der Waals surface area (Å²) >= 11 is 0. The van der Waals surface area contributed by atoms with Crippen LogP contribution in [-0.4, -0.2) is 79.0 Å². The maximum Gasteiger partial charge on any atom is 0.211 e. The number of hydrogen-bond donors (Lipinski definition) is 2. The summed E-state index contributed by atoms with van der Waals surface area (Å²) in [7, 11) is -3.07. The molecule has 1 saturated heterocycles. The summed E-state index contributed by atoms with van der Waals surface area (Å²) in [5.41, 5.74) is 3.63. The number of nitrogens with zero attached hydrogens (tertiary/aromatic N) is 2. The van der Waals surface area contributed by atoms with Crippen molar-refractivity contribution in [3.63, 3.8) is 0 Å². The minimum Gasteiger partial charge on any atom is -0.393 e. The Hall–Kier alpha value is -0.990. The molecule has 4 fully saturated rings. The van der Waals surface area contributed by atoms with E-state index in [9.17, 15) is 18.6 Å². The van der Waals surface area contributed by atoms with Crippen LogP contribution in [0.15, 0.2) is 35.5 Å². The maximum atomic E-state index is 11.8. The number of aliphatic hydroxyl groups excluding tert-OH is 2. The highest BCUT2D eigenvalue weighted by molar-refractivity contribution is 7.88. The van der Waals surface area contributed by atoms with Crippen molar-refractivity contribution in [1.29, 1.82) is 0 Å². The largest absolute Gasteiger partial charge is 0.393 e. The molecule has 0 bridgehead atoms. The van der Waals surface area contributed by atoms with Crippen molar-refractivity contribution in [1.82, 2.24) is 9.21 Å². The van der Waals surface area contributed by atoms with Crippen LogP contribution >= 0.6 is 0 Å². The van der Waals surface area contributed by atoms with E-state index in [4.69, 9.17) is 0 Å². The lowest BCUT2D eigenvalue weighted by Gasteiger charge is -2.45. The molecule has 0 radical (unpaired) electrons. The highest BCUT2D eigenvalue weighted by Gasteiger charge is 2.50. The van der Waals surface area contributed by atoms with Crippen LogP contribution in [0.25, 0.3) is 0 Å². The smallest absolute Gasteiger partial charge is 0.211 e. The highest BCUT2D eigenvalue weighted by atomic mass is 32.2. The fourth-order valence-electron chi connectivity index (χ4n) is 7.55. The lowest BCUT2D eigenvalue weighted by molar-refractivity contribution is 0.0848. The number of allylic oxidation sites excluding steroid dienone is 3. The molecule has 0 amide bonds. The van der Waals surface area contributed by atoms with E-state index in [-0.39, 0.29) is 0 Å². The molecule has 198 valence electrons. The first-order chi connectivity index (χ1) is 16.5. The molecule has 1 aliphatic heterocycles. The molecule has 0 aromatic carbocycles. The van der Waals surface area contributed by atoms with Crippen molar-refractivity contribution >= 4 is 10.0 Å². The summed E-state index contributed by atoms with van der Waals surface area (Å²) < 4.78 is 25.2. The van der Waals surface area contributed by atoms with E-state index in [0.717, 1.165) is 43.1 Å². The quantitative estimate of drug-likeness (QED) is 0.574. The van der Waals surface area contributed by atoms with Crippen LogP contribution in [0.5, 0.6) is 0 Å². The molecule has 4 rings (SSSR count). The van der Waals surface area contributed by atoms with Gasteiger partial charge in [0.15, 0.2) is 0 Å². The van der Waals surface area contributed by atoms with Crippen LogP contribution in [0, 0.1) is 23.2 Å². The minimum atomic E-state index is -3.07. The monoisotopic (exact) mass is 506 g/mol. The average molecular weight is 507 g/mol. The van der Waals surface area contributed by atoms with Crippen molar-refractivity contribution < 1.29 is 18.6 Å². The van der Waals surface area contributed by atoms with Crippen LogP contribution in [0.2, 0.25) is 0 Å². The summed E-state index contributed by atoms with van der Waals surface area (Å²) in [6.07, 6.45) is 12.9.